The average molecular weight is 294 g/mol. The molecule has 0 radical (unpaired) electrons. The Hall–Kier alpha value is -1.78. The Morgan fingerprint density at radius 2 is 2.05 bits per heavy atom. The van der Waals surface area contributed by atoms with Gasteiger partial charge in [-0.25, -0.2) is 0 Å². The zero-order valence-electron chi connectivity index (χ0n) is 10.9. The van der Waals surface area contributed by atoms with Gasteiger partial charge in [0.25, 0.3) is 0 Å². The number of furan rings is 1. The van der Waals surface area contributed by atoms with E-state index in [1.54, 1.807) is 0 Å². The number of carbonyl (C=O) groups is 1. The molecule has 2 aromatic rings. The first-order chi connectivity index (χ1) is 9.66. The molecule has 106 valence electrons. The van der Waals surface area contributed by atoms with Crippen LogP contribution in [0.1, 0.15) is 18.6 Å². The molecular formula is C15H16ClNO3. The fourth-order valence-electron chi connectivity index (χ4n) is 1.85. The van der Waals surface area contributed by atoms with Gasteiger partial charge in [0.1, 0.15) is 11.5 Å². The third-order valence-corrected chi connectivity index (χ3v) is 3.17. The second-order valence-electron chi connectivity index (χ2n) is 4.42. The molecule has 0 aliphatic rings. The molecule has 1 aromatic carbocycles. The van der Waals surface area contributed by atoms with E-state index in [1.807, 2.05) is 36.4 Å². The molecule has 0 atom stereocenters. The van der Waals surface area contributed by atoms with Crippen LogP contribution < -0.4 is 5.32 Å². The van der Waals surface area contributed by atoms with E-state index in [0.29, 0.717) is 24.5 Å². The number of benzene rings is 1. The highest BCUT2D eigenvalue weighted by Crippen LogP contribution is 2.28. The van der Waals surface area contributed by atoms with Gasteiger partial charge in [0, 0.05) is 12.0 Å². The summed E-state index contributed by atoms with van der Waals surface area (Å²) < 4.78 is 5.71. The summed E-state index contributed by atoms with van der Waals surface area (Å²) in [6.07, 6.45) is 0.781. The quantitative estimate of drug-likeness (QED) is 0.766. The fraction of sp³-hybridized carbons (Fsp3) is 0.267. The van der Waals surface area contributed by atoms with Gasteiger partial charge in [-0.05, 0) is 37.2 Å². The van der Waals surface area contributed by atoms with Crippen molar-refractivity contribution < 1.29 is 14.3 Å². The summed E-state index contributed by atoms with van der Waals surface area (Å²) in [6.45, 7) is 1.22. The minimum absolute atomic E-state index is 0.177. The standard InChI is InChI=1S/C15H16ClNO3/c16-13-5-2-1-4-12(13)14-8-7-11(20-14)10-17-9-3-6-15(18)19/h1-2,4-5,7-8,17H,3,6,9-10H2,(H,18,19). The number of hydrogen-bond donors (Lipinski definition) is 2. The number of rotatable bonds is 7. The third-order valence-electron chi connectivity index (χ3n) is 2.84. The molecule has 0 aliphatic heterocycles. The van der Waals surface area contributed by atoms with Gasteiger partial charge in [-0.2, -0.15) is 0 Å². The van der Waals surface area contributed by atoms with Crippen molar-refractivity contribution in [3.05, 3.63) is 47.2 Å². The number of hydrogen-bond acceptors (Lipinski definition) is 3. The number of carboxylic acids is 1. The summed E-state index contributed by atoms with van der Waals surface area (Å²) in [5.74, 6) is 0.763. The van der Waals surface area contributed by atoms with E-state index < -0.39 is 5.97 Å². The summed E-state index contributed by atoms with van der Waals surface area (Å²) in [6, 6.07) is 11.3. The van der Waals surface area contributed by atoms with Gasteiger partial charge in [-0.15, -0.1) is 0 Å². The lowest BCUT2D eigenvalue weighted by atomic mass is 10.2. The highest BCUT2D eigenvalue weighted by atomic mass is 35.5. The van der Waals surface area contributed by atoms with E-state index in [1.165, 1.54) is 0 Å². The molecule has 5 heteroatoms. The van der Waals surface area contributed by atoms with E-state index >= 15 is 0 Å². The molecule has 0 fully saturated rings. The first-order valence-corrected chi connectivity index (χ1v) is 6.81. The van der Waals surface area contributed by atoms with Gasteiger partial charge in [0.05, 0.1) is 11.6 Å². The molecular weight excluding hydrogens is 278 g/mol. The van der Waals surface area contributed by atoms with Crippen molar-refractivity contribution in [2.45, 2.75) is 19.4 Å². The van der Waals surface area contributed by atoms with Crippen LogP contribution in [0, 0.1) is 0 Å². The molecule has 0 aliphatic carbocycles. The van der Waals surface area contributed by atoms with Crippen LogP contribution >= 0.6 is 11.6 Å². The smallest absolute Gasteiger partial charge is 0.303 e. The minimum Gasteiger partial charge on any atom is -0.481 e. The predicted octanol–water partition coefficient (Wildman–Crippen LogP) is 3.55. The lowest BCUT2D eigenvalue weighted by molar-refractivity contribution is -0.137. The summed E-state index contributed by atoms with van der Waals surface area (Å²) in [7, 11) is 0. The lowest BCUT2D eigenvalue weighted by Gasteiger charge is -2.02. The van der Waals surface area contributed by atoms with E-state index in [4.69, 9.17) is 21.1 Å². The van der Waals surface area contributed by atoms with Crippen LogP contribution in [0.2, 0.25) is 5.02 Å². The van der Waals surface area contributed by atoms with Crippen molar-refractivity contribution in [1.82, 2.24) is 5.32 Å². The number of nitrogens with one attached hydrogen (secondary N) is 1. The van der Waals surface area contributed by atoms with Crippen molar-refractivity contribution in [1.29, 1.82) is 0 Å². The van der Waals surface area contributed by atoms with Crippen molar-refractivity contribution >= 4 is 17.6 Å². The van der Waals surface area contributed by atoms with Crippen molar-refractivity contribution in [3.63, 3.8) is 0 Å². The Kier molecular flexibility index (Phi) is 5.21. The molecule has 0 bridgehead atoms. The molecule has 4 nitrogen and oxygen atoms in total. The topological polar surface area (TPSA) is 62.5 Å². The van der Waals surface area contributed by atoms with E-state index in [2.05, 4.69) is 5.32 Å². The van der Waals surface area contributed by atoms with Crippen LogP contribution in [0.4, 0.5) is 0 Å². The van der Waals surface area contributed by atoms with Crippen molar-refractivity contribution in [3.8, 4) is 11.3 Å². The Bertz CT molecular complexity index is 580. The summed E-state index contributed by atoms with van der Waals surface area (Å²) >= 11 is 6.11. The van der Waals surface area contributed by atoms with Gasteiger partial charge < -0.3 is 14.8 Å². The number of aliphatic carboxylic acids is 1. The maximum absolute atomic E-state index is 10.4. The third kappa shape index (κ3) is 4.11. The first kappa shape index (κ1) is 14.6. The second kappa shape index (κ2) is 7.12. The molecule has 0 saturated carbocycles. The van der Waals surface area contributed by atoms with Gasteiger partial charge >= 0.3 is 5.97 Å². The molecule has 20 heavy (non-hydrogen) atoms. The van der Waals surface area contributed by atoms with Gasteiger partial charge in [-0.1, -0.05) is 23.7 Å². The Morgan fingerprint density at radius 1 is 1.25 bits per heavy atom. The first-order valence-electron chi connectivity index (χ1n) is 6.43. The molecule has 1 aromatic heterocycles. The molecule has 0 amide bonds. The zero-order chi connectivity index (χ0) is 14.4. The van der Waals surface area contributed by atoms with E-state index in [-0.39, 0.29) is 6.42 Å². The largest absolute Gasteiger partial charge is 0.481 e. The van der Waals surface area contributed by atoms with E-state index in [0.717, 1.165) is 17.1 Å². The van der Waals surface area contributed by atoms with Crippen LogP contribution in [0.3, 0.4) is 0 Å². The van der Waals surface area contributed by atoms with Crippen LogP contribution in [0.25, 0.3) is 11.3 Å². The normalized spacial score (nSPS) is 10.7. The van der Waals surface area contributed by atoms with Crippen LogP contribution in [-0.2, 0) is 11.3 Å². The summed E-state index contributed by atoms with van der Waals surface area (Å²) in [5.41, 5.74) is 0.867. The van der Waals surface area contributed by atoms with Gasteiger partial charge in [-0.3, -0.25) is 4.79 Å². The molecule has 2 N–H and O–H groups in total. The monoisotopic (exact) mass is 293 g/mol. The van der Waals surface area contributed by atoms with Crippen LogP contribution in [0.15, 0.2) is 40.8 Å². The maximum Gasteiger partial charge on any atom is 0.303 e. The van der Waals surface area contributed by atoms with Crippen LogP contribution in [0.5, 0.6) is 0 Å². The molecule has 0 unspecified atom stereocenters. The lowest BCUT2D eigenvalue weighted by Crippen LogP contribution is -2.15. The minimum atomic E-state index is -0.772. The number of halogens is 1. The Labute approximate surface area is 122 Å². The highest BCUT2D eigenvalue weighted by Gasteiger charge is 2.07. The zero-order valence-corrected chi connectivity index (χ0v) is 11.7. The maximum atomic E-state index is 10.4. The van der Waals surface area contributed by atoms with Crippen molar-refractivity contribution in [2.24, 2.45) is 0 Å². The summed E-state index contributed by atoms with van der Waals surface area (Å²) in [5, 5.41) is 12.3. The average Bonchev–Trinajstić information content (AvgIpc) is 2.87. The highest BCUT2D eigenvalue weighted by molar-refractivity contribution is 6.33. The predicted molar refractivity (Wildman–Crippen MR) is 77.7 cm³/mol. The Morgan fingerprint density at radius 3 is 2.80 bits per heavy atom. The molecule has 1 heterocycles. The van der Waals surface area contributed by atoms with Crippen LogP contribution in [-0.4, -0.2) is 17.6 Å². The summed E-state index contributed by atoms with van der Waals surface area (Å²) in [4.78, 5) is 10.4. The van der Waals surface area contributed by atoms with E-state index in [9.17, 15) is 4.79 Å². The molecule has 0 saturated heterocycles. The van der Waals surface area contributed by atoms with Gasteiger partial charge in [0.2, 0.25) is 0 Å². The van der Waals surface area contributed by atoms with Gasteiger partial charge in [0.15, 0.2) is 0 Å². The number of carboxylic acid groups (broad SMARTS) is 1. The van der Waals surface area contributed by atoms with Crippen molar-refractivity contribution in [2.75, 3.05) is 6.54 Å². The SMILES string of the molecule is O=C(O)CCCNCc1ccc(-c2ccccc2Cl)o1. The fourth-order valence-corrected chi connectivity index (χ4v) is 2.08. The second-order valence-corrected chi connectivity index (χ2v) is 4.83. The molecule has 2 rings (SSSR count). The Balaban J connectivity index is 1.87. The molecule has 0 spiro atoms.